The van der Waals surface area contributed by atoms with Gasteiger partial charge < -0.3 is 5.11 Å². The summed E-state index contributed by atoms with van der Waals surface area (Å²) in [6, 6.07) is 0. The third kappa shape index (κ3) is 2.23. The summed E-state index contributed by atoms with van der Waals surface area (Å²) in [5.41, 5.74) is 0.509. The number of likely N-dealkylation sites (tertiary alicyclic amines) is 1. The van der Waals surface area contributed by atoms with E-state index in [1.807, 2.05) is 0 Å². The molecule has 77 valence electrons. The van der Waals surface area contributed by atoms with Crippen molar-refractivity contribution in [1.82, 2.24) is 4.90 Å². The Balaban J connectivity index is 2.78. The Morgan fingerprint density at radius 2 is 1.54 bits per heavy atom. The number of rotatable bonds is 2. The summed E-state index contributed by atoms with van der Waals surface area (Å²) in [6.45, 7) is 10.2. The highest BCUT2D eigenvalue weighted by Crippen LogP contribution is 2.35. The zero-order valence-corrected chi connectivity index (χ0v) is 9.43. The first kappa shape index (κ1) is 11.0. The molecule has 1 fully saturated rings. The van der Waals surface area contributed by atoms with E-state index in [0.717, 1.165) is 6.54 Å². The zero-order chi connectivity index (χ0) is 10.1. The number of hydrogen-bond donors (Lipinski definition) is 1. The molecule has 0 unspecified atom stereocenters. The van der Waals surface area contributed by atoms with E-state index >= 15 is 0 Å². The van der Waals surface area contributed by atoms with Crippen molar-refractivity contribution in [1.29, 1.82) is 0 Å². The molecule has 0 spiro atoms. The third-order valence-electron chi connectivity index (χ3n) is 3.36. The normalized spacial score (nSPS) is 27.5. The van der Waals surface area contributed by atoms with Crippen molar-refractivity contribution in [3.8, 4) is 0 Å². The van der Waals surface area contributed by atoms with Gasteiger partial charge in [0, 0.05) is 12.8 Å². The smallest absolute Gasteiger partial charge is 0.146 e. The monoisotopic (exact) mass is 185 g/mol. The molecular formula is C11H23NO+. The molecule has 0 atom stereocenters. The quantitative estimate of drug-likeness (QED) is 0.653. The van der Waals surface area contributed by atoms with Gasteiger partial charge in [0.15, 0.2) is 0 Å². The van der Waals surface area contributed by atoms with Gasteiger partial charge in [0.2, 0.25) is 0 Å². The van der Waals surface area contributed by atoms with Gasteiger partial charge in [0.1, 0.15) is 17.6 Å². The number of piperidine rings is 1. The summed E-state index contributed by atoms with van der Waals surface area (Å²) in [5.74, 6) is 0. The first-order valence-electron chi connectivity index (χ1n) is 5.29. The molecular weight excluding hydrogens is 162 g/mol. The number of nitrogens with zero attached hydrogens (tertiary/aromatic N) is 1. The molecule has 1 saturated heterocycles. The van der Waals surface area contributed by atoms with Crippen molar-refractivity contribution < 1.29 is 5.11 Å². The summed E-state index contributed by atoms with van der Waals surface area (Å²) in [7, 11) is 0. The SMILES string of the molecule is CC1(C)CCCC(C)(C)[N+]1CCO. The van der Waals surface area contributed by atoms with Gasteiger partial charge >= 0.3 is 0 Å². The van der Waals surface area contributed by atoms with Crippen LogP contribution in [0.2, 0.25) is 0 Å². The van der Waals surface area contributed by atoms with Crippen LogP contribution in [0.3, 0.4) is 0 Å². The fourth-order valence-electron chi connectivity index (χ4n) is 2.75. The van der Waals surface area contributed by atoms with Crippen LogP contribution in [0.5, 0.6) is 0 Å². The van der Waals surface area contributed by atoms with Gasteiger partial charge in [-0.3, -0.25) is 0 Å². The van der Waals surface area contributed by atoms with Crippen molar-refractivity contribution in [3.63, 3.8) is 0 Å². The van der Waals surface area contributed by atoms with Crippen LogP contribution < -0.4 is 4.90 Å². The lowest BCUT2D eigenvalue weighted by molar-refractivity contribution is 0.0487. The lowest BCUT2D eigenvalue weighted by atomic mass is 9.80. The molecule has 0 aliphatic carbocycles. The van der Waals surface area contributed by atoms with Crippen LogP contribution in [-0.4, -0.2) is 29.3 Å². The fourth-order valence-corrected chi connectivity index (χ4v) is 2.75. The highest BCUT2D eigenvalue weighted by Gasteiger charge is 2.49. The molecule has 0 saturated carbocycles. The molecule has 0 aromatic heterocycles. The minimum atomic E-state index is 0.254. The summed E-state index contributed by atoms with van der Waals surface area (Å²) in [4.78, 5) is 2.45. The molecule has 0 aromatic rings. The molecule has 1 aliphatic rings. The van der Waals surface area contributed by atoms with Crippen molar-refractivity contribution in [2.75, 3.05) is 13.2 Å². The van der Waals surface area contributed by atoms with E-state index in [0.29, 0.717) is 0 Å². The Hall–Kier alpha value is -0.0800. The lowest BCUT2D eigenvalue weighted by Crippen LogP contribution is -2.63. The molecule has 1 heterocycles. The average molecular weight is 185 g/mol. The van der Waals surface area contributed by atoms with Crippen LogP contribution >= 0.6 is 0 Å². The Labute approximate surface area is 81.9 Å². The molecule has 1 radical (unpaired) electrons. The van der Waals surface area contributed by atoms with Crippen molar-refractivity contribution in [3.05, 3.63) is 0 Å². The van der Waals surface area contributed by atoms with Gasteiger partial charge in [-0.15, -0.1) is 0 Å². The van der Waals surface area contributed by atoms with E-state index in [-0.39, 0.29) is 17.7 Å². The van der Waals surface area contributed by atoms with Crippen LogP contribution in [0.4, 0.5) is 0 Å². The van der Waals surface area contributed by atoms with Crippen LogP contribution in [0.15, 0.2) is 0 Å². The molecule has 0 bridgehead atoms. The summed E-state index contributed by atoms with van der Waals surface area (Å²) in [5, 5.41) is 9.04. The zero-order valence-electron chi connectivity index (χ0n) is 9.43. The molecule has 1 aliphatic heterocycles. The fraction of sp³-hybridized carbons (Fsp3) is 1.00. The standard InChI is InChI=1S/C11H23NO/c1-10(2)6-5-7-11(3,4)12(10)8-9-13/h13H,5-9H2,1-4H3/q+1. The van der Waals surface area contributed by atoms with Gasteiger partial charge in [0.25, 0.3) is 0 Å². The number of hydrogen-bond acceptors (Lipinski definition) is 2. The largest absolute Gasteiger partial charge is 0.390 e. The molecule has 1 rings (SSSR count). The van der Waals surface area contributed by atoms with Gasteiger partial charge in [-0.2, -0.15) is 4.90 Å². The second kappa shape index (κ2) is 3.58. The average Bonchev–Trinajstić information content (AvgIpc) is 1.96. The molecule has 13 heavy (non-hydrogen) atoms. The van der Waals surface area contributed by atoms with Crippen LogP contribution in [-0.2, 0) is 0 Å². The Bertz CT molecular complexity index is 159. The molecule has 1 N–H and O–H groups in total. The molecule has 2 heteroatoms. The molecule has 0 aromatic carbocycles. The van der Waals surface area contributed by atoms with E-state index < -0.39 is 0 Å². The summed E-state index contributed by atoms with van der Waals surface area (Å²) >= 11 is 0. The van der Waals surface area contributed by atoms with Crippen molar-refractivity contribution in [2.24, 2.45) is 0 Å². The number of aliphatic hydroxyl groups excluding tert-OH is 1. The van der Waals surface area contributed by atoms with Crippen molar-refractivity contribution in [2.45, 2.75) is 58.0 Å². The van der Waals surface area contributed by atoms with Crippen LogP contribution in [0.25, 0.3) is 0 Å². The van der Waals surface area contributed by atoms with E-state index in [1.165, 1.54) is 19.3 Å². The van der Waals surface area contributed by atoms with Gasteiger partial charge in [-0.1, -0.05) is 0 Å². The first-order valence-corrected chi connectivity index (χ1v) is 5.29. The lowest BCUT2D eigenvalue weighted by Gasteiger charge is -2.43. The topological polar surface area (TPSA) is 26.1 Å². The Kier molecular flexibility index (Phi) is 3.03. The van der Waals surface area contributed by atoms with Gasteiger partial charge in [-0.05, 0) is 34.1 Å². The molecule has 2 nitrogen and oxygen atoms in total. The van der Waals surface area contributed by atoms with E-state index in [9.17, 15) is 0 Å². The maximum Gasteiger partial charge on any atom is 0.146 e. The van der Waals surface area contributed by atoms with Crippen LogP contribution in [0.1, 0.15) is 47.0 Å². The minimum absolute atomic E-state index is 0.254. The number of β-amino-alcohol motifs (C(OH)–C–C–N with tert-alkyl or cyclic N) is 1. The summed E-state index contributed by atoms with van der Waals surface area (Å²) < 4.78 is 0. The highest BCUT2D eigenvalue weighted by molar-refractivity contribution is 5.00. The maximum absolute atomic E-state index is 9.04. The molecule has 0 amide bonds. The van der Waals surface area contributed by atoms with Gasteiger partial charge in [0.05, 0.1) is 6.61 Å². The maximum atomic E-state index is 9.04. The predicted molar refractivity (Wildman–Crippen MR) is 56.1 cm³/mol. The second-order valence-corrected chi connectivity index (χ2v) is 5.35. The van der Waals surface area contributed by atoms with E-state index in [4.69, 9.17) is 5.11 Å². The van der Waals surface area contributed by atoms with Gasteiger partial charge in [-0.25, -0.2) is 0 Å². The predicted octanol–water partition coefficient (Wildman–Crippen LogP) is 1.86. The van der Waals surface area contributed by atoms with Crippen LogP contribution in [0, 0.1) is 0 Å². The van der Waals surface area contributed by atoms with E-state index in [1.54, 1.807) is 0 Å². The third-order valence-corrected chi connectivity index (χ3v) is 3.36. The minimum Gasteiger partial charge on any atom is -0.390 e. The highest BCUT2D eigenvalue weighted by atomic mass is 16.3. The summed E-state index contributed by atoms with van der Waals surface area (Å²) in [6.07, 6.45) is 3.80. The Morgan fingerprint density at radius 3 is 1.92 bits per heavy atom. The number of aliphatic hydroxyl groups is 1. The van der Waals surface area contributed by atoms with Crippen molar-refractivity contribution >= 4 is 0 Å². The second-order valence-electron chi connectivity index (χ2n) is 5.35. The first-order chi connectivity index (χ1) is 5.90. The Morgan fingerprint density at radius 1 is 1.08 bits per heavy atom. The van der Waals surface area contributed by atoms with E-state index in [2.05, 4.69) is 32.6 Å².